The molecule has 102 valence electrons. The van der Waals surface area contributed by atoms with Crippen LogP contribution in [0.5, 0.6) is 0 Å². The minimum Gasteiger partial charge on any atom is -0.348 e. The fourth-order valence-corrected chi connectivity index (χ4v) is 2.23. The van der Waals surface area contributed by atoms with E-state index in [1.54, 1.807) is 24.3 Å². The molecule has 1 saturated heterocycles. The van der Waals surface area contributed by atoms with Crippen LogP contribution in [0.2, 0.25) is 0 Å². The molecule has 0 saturated carbocycles. The second-order valence-corrected chi connectivity index (χ2v) is 4.98. The Morgan fingerprint density at radius 3 is 2.47 bits per heavy atom. The van der Waals surface area contributed by atoms with Gasteiger partial charge >= 0.3 is 0 Å². The lowest BCUT2D eigenvalue weighted by molar-refractivity contribution is -0.114. The highest BCUT2D eigenvalue weighted by Crippen LogP contribution is 2.11. The summed E-state index contributed by atoms with van der Waals surface area (Å²) in [6.45, 7) is 3.37. The Labute approximate surface area is 113 Å². The average molecular weight is 261 g/mol. The Kier molecular flexibility index (Phi) is 4.16. The Bertz CT molecular complexity index is 470. The van der Waals surface area contributed by atoms with Gasteiger partial charge in [0.25, 0.3) is 5.91 Å². The van der Waals surface area contributed by atoms with Crippen LogP contribution in [-0.2, 0) is 4.79 Å². The number of rotatable bonds is 3. The summed E-state index contributed by atoms with van der Waals surface area (Å²) in [4.78, 5) is 25.1. The largest absolute Gasteiger partial charge is 0.348 e. The first kappa shape index (κ1) is 13.5. The van der Waals surface area contributed by atoms with Crippen molar-refractivity contribution < 1.29 is 9.59 Å². The molecular formula is C14H19N3O2. The maximum absolute atomic E-state index is 12.0. The number of anilines is 1. The second kappa shape index (κ2) is 5.84. The topological polar surface area (TPSA) is 61.4 Å². The van der Waals surface area contributed by atoms with E-state index in [-0.39, 0.29) is 17.9 Å². The summed E-state index contributed by atoms with van der Waals surface area (Å²) in [5.41, 5.74) is 1.31. The molecule has 1 atom stereocenters. The van der Waals surface area contributed by atoms with Crippen molar-refractivity contribution in [3.05, 3.63) is 29.8 Å². The zero-order valence-electron chi connectivity index (χ0n) is 11.3. The van der Waals surface area contributed by atoms with E-state index in [1.807, 2.05) is 7.05 Å². The highest BCUT2D eigenvalue weighted by atomic mass is 16.2. The lowest BCUT2D eigenvalue weighted by atomic mass is 10.1. The lowest BCUT2D eigenvalue weighted by Crippen LogP contribution is -2.36. The molecule has 5 heteroatoms. The zero-order chi connectivity index (χ0) is 13.8. The minimum absolute atomic E-state index is 0.0605. The van der Waals surface area contributed by atoms with Crippen LogP contribution in [0.3, 0.4) is 0 Å². The molecule has 0 spiro atoms. The number of carbonyl (C=O) groups is 2. The summed E-state index contributed by atoms with van der Waals surface area (Å²) >= 11 is 0. The Morgan fingerprint density at radius 1 is 1.26 bits per heavy atom. The maximum atomic E-state index is 12.0. The van der Waals surface area contributed by atoms with Gasteiger partial charge in [-0.2, -0.15) is 0 Å². The van der Waals surface area contributed by atoms with E-state index in [4.69, 9.17) is 0 Å². The third-order valence-corrected chi connectivity index (χ3v) is 3.19. The molecule has 19 heavy (non-hydrogen) atoms. The van der Waals surface area contributed by atoms with Gasteiger partial charge in [-0.3, -0.25) is 9.59 Å². The SMILES string of the molecule is CC(=O)Nc1ccc(C(=O)NC2CCN(C)C2)cc1. The van der Waals surface area contributed by atoms with Crippen molar-refractivity contribution in [2.45, 2.75) is 19.4 Å². The number of nitrogens with zero attached hydrogens (tertiary/aromatic N) is 1. The first-order chi connectivity index (χ1) is 9.04. The van der Waals surface area contributed by atoms with Crippen molar-refractivity contribution in [1.82, 2.24) is 10.2 Å². The summed E-state index contributed by atoms with van der Waals surface area (Å²) in [6.07, 6.45) is 0.992. The number of hydrogen-bond acceptors (Lipinski definition) is 3. The predicted molar refractivity (Wildman–Crippen MR) is 74.1 cm³/mol. The molecule has 1 unspecified atom stereocenters. The molecule has 1 fully saturated rings. The number of hydrogen-bond donors (Lipinski definition) is 2. The van der Waals surface area contributed by atoms with Gasteiger partial charge in [0, 0.05) is 30.8 Å². The minimum atomic E-state index is -0.119. The maximum Gasteiger partial charge on any atom is 0.251 e. The first-order valence-electron chi connectivity index (χ1n) is 6.41. The molecule has 2 rings (SSSR count). The van der Waals surface area contributed by atoms with E-state index in [2.05, 4.69) is 15.5 Å². The third-order valence-electron chi connectivity index (χ3n) is 3.19. The number of amides is 2. The highest BCUT2D eigenvalue weighted by Gasteiger charge is 2.21. The molecule has 0 radical (unpaired) electrons. The summed E-state index contributed by atoms with van der Waals surface area (Å²) in [7, 11) is 2.05. The van der Waals surface area contributed by atoms with Crippen molar-refractivity contribution in [3.63, 3.8) is 0 Å². The normalized spacial score (nSPS) is 19.2. The first-order valence-corrected chi connectivity index (χ1v) is 6.41. The van der Waals surface area contributed by atoms with E-state index in [0.29, 0.717) is 11.3 Å². The number of benzene rings is 1. The molecule has 1 aromatic rings. The molecule has 5 nitrogen and oxygen atoms in total. The zero-order valence-corrected chi connectivity index (χ0v) is 11.3. The van der Waals surface area contributed by atoms with Crippen LogP contribution >= 0.6 is 0 Å². The molecule has 1 heterocycles. The molecule has 1 aliphatic heterocycles. The monoisotopic (exact) mass is 261 g/mol. The number of likely N-dealkylation sites (N-methyl/N-ethyl adjacent to an activating group) is 1. The number of carbonyl (C=O) groups excluding carboxylic acids is 2. The van der Waals surface area contributed by atoms with Crippen LogP contribution in [0.25, 0.3) is 0 Å². The van der Waals surface area contributed by atoms with Crippen LogP contribution < -0.4 is 10.6 Å². The molecule has 0 aromatic heterocycles. The van der Waals surface area contributed by atoms with E-state index >= 15 is 0 Å². The van der Waals surface area contributed by atoms with Gasteiger partial charge in [-0.25, -0.2) is 0 Å². The second-order valence-electron chi connectivity index (χ2n) is 4.98. The van der Waals surface area contributed by atoms with Gasteiger partial charge in [0.15, 0.2) is 0 Å². The van der Waals surface area contributed by atoms with Gasteiger partial charge in [0.2, 0.25) is 5.91 Å². The molecule has 0 bridgehead atoms. The van der Waals surface area contributed by atoms with Crippen LogP contribution in [0.15, 0.2) is 24.3 Å². The van der Waals surface area contributed by atoms with Crippen LogP contribution in [-0.4, -0.2) is 42.9 Å². The standard InChI is InChI=1S/C14H19N3O2/c1-10(18)15-12-5-3-11(4-6-12)14(19)16-13-7-8-17(2)9-13/h3-6,13H,7-9H2,1-2H3,(H,15,18)(H,16,19). The summed E-state index contributed by atoms with van der Waals surface area (Å²) in [5, 5.41) is 5.69. The number of nitrogens with one attached hydrogen (secondary N) is 2. The number of likely N-dealkylation sites (tertiary alicyclic amines) is 1. The van der Waals surface area contributed by atoms with Crippen molar-refractivity contribution in [1.29, 1.82) is 0 Å². The molecular weight excluding hydrogens is 242 g/mol. The smallest absolute Gasteiger partial charge is 0.251 e. The van der Waals surface area contributed by atoms with Gasteiger partial charge in [-0.15, -0.1) is 0 Å². The van der Waals surface area contributed by atoms with Gasteiger partial charge in [-0.1, -0.05) is 0 Å². The van der Waals surface area contributed by atoms with Gasteiger partial charge in [0.1, 0.15) is 0 Å². The van der Waals surface area contributed by atoms with E-state index in [9.17, 15) is 9.59 Å². The third kappa shape index (κ3) is 3.79. The Morgan fingerprint density at radius 2 is 1.95 bits per heavy atom. The fraction of sp³-hybridized carbons (Fsp3) is 0.429. The summed E-state index contributed by atoms with van der Waals surface area (Å²) in [6, 6.07) is 7.14. The van der Waals surface area contributed by atoms with E-state index in [0.717, 1.165) is 19.5 Å². The van der Waals surface area contributed by atoms with Crippen molar-refractivity contribution >= 4 is 17.5 Å². The molecule has 2 amide bonds. The van der Waals surface area contributed by atoms with Crippen LogP contribution in [0.1, 0.15) is 23.7 Å². The van der Waals surface area contributed by atoms with Gasteiger partial charge < -0.3 is 15.5 Å². The molecule has 2 N–H and O–H groups in total. The van der Waals surface area contributed by atoms with E-state index < -0.39 is 0 Å². The van der Waals surface area contributed by atoms with E-state index in [1.165, 1.54) is 6.92 Å². The molecule has 0 aliphatic carbocycles. The van der Waals surface area contributed by atoms with Crippen molar-refractivity contribution in [2.24, 2.45) is 0 Å². The average Bonchev–Trinajstić information content (AvgIpc) is 2.75. The van der Waals surface area contributed by atoms with Crippen LogP contribution in [0, 0.1) is 0 Å². The van der Waals surface area contributed by atoms with Crippen molar-refractivity contribution in [3.8, 4) is 0 Å². The molecule has 1 aromatic carbocycles. The van der Waals surface area contributed by atoms with Gasteiger partial charge in [-0.05, 0) is 44.3 Å². The highest BCUT2D eigenvalue weighted by molar-refractivity contribution is 5.95. The van der Waals surface area contributed by atoms with Gasteiger partial charge in [0.05, 0.1) is 0 Å². The Hall–Kier alpha value is -1.88. The van der Waals surface area contributed by atoms with Crippen molar-refractivity contribution in [2.75, 3.05) is 25.5 Å². The van der Waals surface area contributed by atoms with Crippen LogP contribution in [0.4, 0.5) is 5.69 Å². The summed E-state index contributed by atoms with van der Waals surface area (Å²) < 4.78 is 0. The summed E-state index contributed by atoms with van der Waals surface area (Å²) in [5.74, 6) is -0.180. The quantitative estimate of drug-likeness (QED) is 0.856. The fourth-order valence-electron chi connectivity index (χ4n) is 2.23. The Balaban J connectivity index is 1.94. The lowest BCUT2D eigenvalue weighted by Gasteiger charge is -2.13. The predicted octanol–water partition coefficient (Wildman–Crippen LogP) is 1.08. The molecule has 1 aliphatic rings.